The molecule has 1 aliphatic rings. The summed E-state index contributed by atoms with van der Waals surface area (Å²) >= 11 is 12.3. The molecular weight excluding hydrogens is 293 g/mol. The Hall–Kier alpha value is -0.960. The third kappa shape index (κ3) is 2.73. The summed E-state index contributed by atoms with van der Waals surface area (Å²) in [6, 6.07) is 5.69. The Kier molecular flexibility index (Phi) is 4.06. The van der Waals surface area contributed by atoms with Crippen molar-refractivity contribution in [3.63, 3.8) is 0 Å². The molecule has 0 bridgehead atoms. The number of aliphatic hydroxyl groups is 1. The van der Waals surface area contributed by atoms with E-state index in [1.807, 2.05) is 18.3 Å². The lowest BCUT2D eigenvalue weighted by atomic mass is 10.1. The highest BCUT2D eigenvalue weighted by Crippen LogP contribution is 2.31. The molecule has 0 saturated heterocycles. The van der Waals surface area contributed by atoms with Crippen LogP contribution in [0, 0.1) is 0 Å². The number of aliphatic hydroxyl groups excluding tert-OH is 1. The number of halogens is 2. The number of rotatable bonds is 2. The molecule has 2 nitrogen and oxygen atoms in total. The van der Waals surface area contributed by atoms with Crippen LogP contribution < -0.4 is 0 Å². The summed E-state index contributed by atoms with van der Waals surface area (Å²) in [5.74, 6) is 0. The Labute approximate surface area is 128 Å². The summed E-state index contributed by atoms with van der Waals surface area (Å²) in [5.41, 5.74) is 3.33. The Bertz CT molecular complexity index is 621. The molecule has 0 radical (unpaired) electrons. The van der Waals surface area contributed by atoms with Crippen LogP contribution in [0.1, 0.15) is 42.1 Å². The van der Waals surface area contributed by atoms with E-state index in [2.05, 4.69) is 10.8 Å². The largest absolute Gasteiger partial charge is 0.388 e. The van der Waals surface area contributed by atoms with Crippen LogP contribution in [0.5, 0.6) is 0 Å². The van der Waals surface area contributed by atoms with Crippen molar-refractivity contribution in [3.8, 4) is 0 Å². The average Bonchev–Trinajstić information content (AvgIpc) is 2.75. The first-order valence-electron chi connectivity index (χ1n) is 6.94. The van der Waals surface area contributed by atoms with Crippen LogP contribution in [-0.4, -0.2) is 9.67 Å². The molecule has 1 atom stereocenters. The molecule has 1 aliphatic carbocycles. The van der Waals surface area contributed by atoms with Gasteiger partial charge in [0.05, 0.1) is 16.1 Å². The van der Waals surface area contributed by atoms with Gasteiger partial charge in [0.25, 0.3) is 0 Å². The van der Waals surface area contributed by atoms with Gasteiger partial charge in [-0.3, -0.25) is 0 Å². The Balaban J connectivity index is 1.89. The smallest absolute Gasteiger partial charge is 0.0807 e. The van der Waals surface area contributed by atoms with Crippen molar-refractivity contribution in [2.75, 3.05) is 0 Å². The van der Waals surface area contributed by atoms with Crippen molar-refractivity contribution in [1.82, 2.24) is 4.57 Å². The summed E-state index contributed by atoms with van der Waals surface area (Å²) in [7, 11) is 0. The first kappa shape index (κ1) is 14.0. The molecule has 0 amide bonds. The zero-order chi connectivity index (χ0) is 14.1. The van der Waals surface area contributed by atoms with Gasteiger partial charge in [-0.2, -0.15) is 0 Å². The van der Waals surface area contributed by atoms with Crippen LogP contribution in [-0.2, 0) is 13.0 Å². The van der Waals surface area contributed by atoms with Crippen molar-refractivity contribution >= 4 is 23.2 Å². The number of hydrogen-bond acceptors (Lipinski definition) is 1. The Morgan fingerprint density at radius 2 is 2.05 bits per heavy atom. The fourth-order valence-electron chi connectivity index (χ4n) is 2.85. The van der Waals surface area contributed by atoms with Gasteiger partial charge in [-0.1, -0.05) is 41.8 Å². The molecule has 3 rings (SSSR count). The molecule has 0 fully saturated rings. The maximum absolute atomic E-state index is 10.2. The third-order valence-corrected chi connectivity index (χ3v) is 4.77. The van der Waals surface area contributed by atoms with Gasteiger partial charge < -0.3 is 9.67 Å². The lowest BCUT2D eigenvalue weighted by Gasteiger charge is -2.08. The maximum Gasteiger partial charge on any atom is 0.0807 e. The van der Waals surface area contributed by atoms with Crippen molar-refractivity contribution in [1.29, 1.82) is 0 Å². The monoisotopic (exact) mass is 309 g/mol. The van der Waals surface area contributed by atoms with Crippen LogP contribution >= 0.6 is 23.2 Å². The van der Waals surface area contributed by atoms with Crippen molar-refractivity contribution in [2.45, 2.75) is 38.3 Å². The summed E-state index contributed by atoms with van der Waals surface area (Å²) in [4.78, 5) is 0. The van der Waals surface area contributed by atoms with E-state index in [9.17, 15) is 5.11 Å². The van der Waals surface area contributed by atoms with Crippen LogP contribution in [0.15, 0.2) is 30.6 Å². The second kappa shape index (κ2) is 5.80. The average molecular weight is 310 g/mol. The van der Waals surface area contributed by atoms with E-state index in [-0.39, 0.29) is 6.10 Å². The molecule has 0 aliphatic heterocycles. The normalized spacial score (nSPS) is 18.6. The number of aromatic nitrogens is 1. The molecule has 1 N–H and O–H groups in total. The third-order valence-electron chi connectivity index (χ3n) is 3.91. The summed E-state index contributed by atoms with van der Waals surface area (Å²) in [6.07, 6.45) is 7.98. The van der Waals surface area contributed by atoms with Crippen LogP contribution in [0.4, 0.5) is 0 Å². The molecule has 1 unspecified atom stereocenters. The number of hydrogen-bond donors (Lipinski definition) is 1. The SMILES string of the molecule is OC1CCCCc2cn(Cc3cccc(Cl)c3Cl)cc21. The van der Waals surface area contributed by atoms with E-state index in [0.717, 1.165) is 36.8 Å². The van der Waals surface area contributed by atoms with Gasteiger partial charge in [-0.15, -0.1) is 0 Å². The van der Waals surface area contributed by atoms with Gasteiger partial charge in [0, 0.05) is 24.5 Å². The number of aryl methyl sites for hydroxylation is 1. The maximum atomic E-state index is 10.2. The lowest BCUT2D eigenvalue weighted by Crippen LogP contribution is -1.99. The van der Waals surface area contributed by atoms with E-state index in [0.29, 0.717) is 16.6 Å². The fraction of sp³-hybridized carbons (Fsp3) is 0.375. The van der Waals surface area contributed by atoms with E-state index in [1.165, 1.54) is 5.56 Å². The fourth-order valence-corrected chi connectivity index (χ4v) is 3.23. The zero-order valence-electron chi connectivity index (χ0n) is 11.1. The second-order valence-corrected chi connectivity index (χ2v) is 6.17. The van der Waals surface area contributed by atoms with Crippen LogP contribution in [0.2, 0.25) is 10.0 Å². The van der Waals surface area contributed by atoms with E-state index < -0.39 is 0 Å². The van der Waals surface area contributed by atoms with Gasteiger partial charge in [0.15, 0.2) is 0 Å². The minimum Gasteiger partial charge on any atom is -0.388 e. The zero-order valence-corrected chi connectivity index (χ0v) is 12.7. The van der Waals surface area contributed by atoms with E-state index >= 15 is 0 Å². The second-order valence-electron chi connectivity index (χ2n) is 5.39. The number of benzene rings is 1. The minimum atomic E-state index is -0.330. The standard InChI is InChI=1S/C16H17Cl2NO/c17-14-6-3-5-12(16(14)18)9-19-8-11-4-1-2-7-15(20)13(11)10-19/h3,5-6,8,10,15,20H,1-2,4,7,9H2. The molecule has 1 aromatic heterocycles. The Morgan fingerprint density at radius 3 is 2.90 bits per heavy atom. The molecule has 1 aromatic carbocycles. The van der Waals surface area contributed by atoms with Crippen molar-refractivity contribution in [3.05, 3.63) is 57.3 Å². The summed E-state index contributed by atoms with van der Waals surface area (Å²) < 4.78 is 2.09. The quantitative estimate of drug-likeness (QED) is 0.806. The van der Waals surface area contributed by atoms with Gasteiger partial charge >= 0.3 is 0 Å². The predicted molar refractivity (Wildman–Crippen MR) is 82.5 cm³/mol. The van der Waals surface area contributed by atoms with Gasteiger partial charge in [0.2, 0.25) is 0 Å². The lowest BCUT2D eigenvalue weighted by molar-refractivity contribution is 0.166. The molecule has 1 heterocycles. The molecule has 4 heteroatoms. The van der Waals surface area contributed by atoms with E-state index in [1.54, 1.807) is 6.07 Å². The molecule has 0 saturated carbocycles. The van der Waals surface area contributed by atoms with Gasteiger partial charge in [-0.05, 0) is 36.5 Å². The van der Waals surface area contributed by atoms with E-state index in [4.69, 9.17) is 23.2 Å². The van der Waals surface area contributed by atoms with Crippen LogP contribution in [0.3, 0.4) is 0 Å². The number of nitrogens with zero attached hydrogens (tertiary/aromatic N) is 1. The van der Waals surface area contributed by atoms with Gasteiger partial charge in [-0.25, -0.2) is 0 Å². The first-order valence-corrected chi connectivity index (χ1v) is 7.70. The minimum absolute atomic E-state index is 0.330. The molecule has 0 spiro atoms. The highest BCUT2D eigenvalue weighted by Gasteiger charge is 2.18. The van der Waals surface area contributed by atoms with Crippen molar-refractivity contribution in [2.24, 2.45) is 0 Å². The molecule has 106 valence electrons. The molecule has 2 aromatic rings. The number of fused-ring (bicyclic) bond motifs is 1. The molecule has 20 heavy (non-hydrogen) atoms. The summed E-state index contributed by atoms with van der Waals surface area (Å²) in [5, 5.41) is 11.4. The van der Waals surface area contributed by atoms with Crippen LogP contribution in [0.25, 0.3) is 0 Å². The first-order chi connectivity index (χ1) is 9.65. The topological polar surface area (TPSA) is 25.2 Å². The highest BCUT2D eigenvalue weighted by atomic mass is 35.5. The van der Waals surface area contributed by atoms with Gasteiger partial charge in [0.1, 0.15) is 0 Å². The molecular formula is C16H17Cl2NO. The van der Waals surface area contributed by atoms with Crippen molar-refractivity contribution < 1.29 is 5.11 Å². The predicted octanol–water partition coefficient (Wildman–Crippen LogP) is 4.60. The Morgan fingerprint density at radius 1 is 1.20 bits per heavy atom. The summed E-state index contributed by atoms with van der Waals surface area (Å²) in [6.45, 7) is 0.680. The highest BCUT2D eigenvalue weighted by molar-refractivity contribution is 6.42.